The minimum absolute atomic E-state index is 0.352. The van der Waals surface area contributed by atoms with Gasteiger partial charge in [0.2, 0.25) is 0 Å². The number of hydrogen-bond donors (Lipinski definition) is 1. The zero-order valence-electron chi connectivity index (χ0n) is 10.6. The Kier molecular flexibility index (Phi) is 4.04. The first-order chi connectivity index (χ1) is 9.83. The molecule has 0 saturated carbocycles. The molecule has 0 radical (unpaired) electrons. The SMILES string of the molecule is O=C(O)c1ccccc1S(=O)(=O)Cc1cccc(F)c1F. The quantitative estimate of drug-likeness (QED) is 0.942. The molecule has 0 atom stereocenters. The molecular weight excluding hydrogens is 302 g/mol. The van der Waals surface area contributed by atoms with Crippen LogP contribution >= 0.6 is 0 Å². The lowest BCUT2D eigenvalue weighted by Crippen LogP contribution is -2.12. The smallest absolute Gasteiger partial charge is 0.337 e. The molecule has 2 rings (SSSR count). The van der Waals surface area contributed by atoms with Gasteiger partial charge in [0.1, 0.15) is 0 Å². The lowest BCUT2D eigenvalue weighted by molar-refractivity contribution is 0.0692. The number of rotatable bonds is 4. The Morgan fingerprint density at radius 2 is 1.71 bits per heavy atom. The zero-order chi connectivity index (χ0) is 15.6. The van der Waals surface area contributed by atoms with Crippen molar-refractivity contribution in [3.8, 4) is 0 Å². The van der Waals surface area contributed by atoms with Crippen molar-refractivity contribution in [1.29, 1.82) is 0 Å². The van der Waals surface area contributed by atoms with Gasteiger partial charge in [-0.2, -0.15) is 0 Å². The van der Waals surface area contributed by atoms with Crippen molar-refractivity contribution in [3.05, 3.63) is 65.2 Å². The average molecular weight is 312 g/mol. The van der Waals surface area contributed by atoms with E-state index < -0.39 is 43.7 Å². The summed E-state index contributed by atoms with van der Waals surface area (Å²) in [4.78, 5) is 10.6. The second kappa shape index (κ2) is 5.61. The fraction of sp³-hybridized carbons (Fsp3) is 0.0714. The number of halogens is 2. The van der Waals surface area contributed by atoms with E-state index in [1.807, 2.05) is 0 Å². The predicted molar refractivity (Wildman–Crippen MR) is 70.6 cm³/mol. The van der Waals surface area contributed by atoms with Crippen LogP contribution in [0.1, 0.15) is 15.9 Å². The number of carboxylic acid groups (broad SMARTS) is 1. The van der Waals surface area contributed by atoms with Gasteiger partial charge in [0.15, 0.2) is 21.5 Å². The van der Waals surface area contributed by atoms with Crippen molar-refractivity contribution in [2.24, 2.45) is 0 Å². The van der Waals surface area contributed by atoms with Gasteiger partial charge in [-0.3, -0.25) is 0 Å². The number of hydrogen-bond acceptors (Lipinski definition) is 3. The maximum absolute atomic E-state index is 13.6. The Morgan fingerprint density at radius 1 is 1.05 bits per heavy atom. The van der Waals surface area contributed by atoms with Gasteiger partial charge in [0.05, 0.1) is 16.2 Å². The van der Waals surface area contributed by atoms with E-state index in [2.05, 4.69) is 0 Å². The monoisotopic (exact) mass is 312 g/mol. The topological polar surface area (TPSA) is 71.4 Å². The van der Waals surface area contributed by atoms with Gasteiger partial charge in [-0.25, -0.2) is 22.0 Å². The molecule has 0 heterocycles. The first kappa shape index (κ1) is 15.1. The summed E-state index contributed by atoms with van der Waals surface area (Å²) in [6, 6.07) is 8.20. The van der Waals surface area contributed by atoms with Crippen LogP contribution in [0.3, 0.4) is 0 Å². The minimum atomic E-state index is -4.12. The molecule has 0 aliphatic rings. The van der Waals surface area contributed by atoms with Crippen LogP contribution < -0.4 is 0 Å². The van der Waals surface area contributed by atoms with E-state index in [1.54, 1.807) is 0 Å². The molecule has 0 bridgehead atoms. The van der Waals surface area contributed by atoms with E-state index >= 15 is 0 Å². The van der Waals surface area contributed by atoms with Crippen LogP contribution in [0.2, 0.25) is 0 Å². The molecule has 4 nitrogen and oxygen atoms in total. The Hall–Kier alpha value is -2.28. The van der Waals surface area contributed by atoms with E-state index in [-0.39, 0.29) is 5.56 Å². The number of aromatic carboxylic acids is 1. The van der Waals surface area contributed by atoms with Gasteiger partial charge in [-0.05, 0) is 18.2 Å². The molecule has 7 heteroatoms. The summed E-state index contributed by atoms with van der Waals surface area (Å²) in [5.74, 6) is -4.64. The minimum Gasteiger partial charge on any atom is -0.478 e. The first-order valence-electron chi connectivity index (χ1n) is 5.81. The summed E-state index contributed by atoms with van der Waals surface area (Å²) in [5.41, 5.74) is -0.760. The standard InChI is InChI=1S/C14H10F2O4S/c15-11-6-3-4-9(13(11)16)8-21(19,20)12-7-2-1-5-10(12)14(17)18/h1-7H,8H2,(H,17,18). The number of benzene rings is 2. The van der Waals surface area contributed by atoms with Gasteiger partial charge in [0.25, 0.3) is 0 Å². The highest BCUT2D eigenvalue weighted by atomic mass is 32.2. The second-order valence-corrected chi connectivity index (χ2v) is 6.23. The van der Waals surface area contributed by atoms with Crippen molar-refractivity contribution >= 4 is 15.8 Å². The molecule has 21 heavy (non-hydrogen) atoms. The number of carboxylic acids is 1. The maximum Gasteiger partial charge on any atom is 0.337 e. The van der Waals surface area contributed by atoms with Crippen LogP contribution in [0.25, 0.3) is 0 Å². The highest BCUT2D eigenvalue weighted by Gasteiger charge is 2.24. The Labute approximate surface area is 119 Å². The summed E-state index contributed by atoms with van der Waals surface area (Å²) < 4.78 is 51.1. The first-order valence-corrected chi connectivity index (χ1v) is 7.46. The van der Waals surface area contributed by atoms with Crippen molar-refractivity contribution in [2.45, 2.75) is 10.6 Å². The Bertz CT molecular complexity index is 800. The molecule has 0 aliphatic heterocycles. The van der Waals surface area contributed by atoms with Gasteiger partial charge >= 0.3 is 5.97 Å². The van der Waals surface area contributed by atoms with Gasteiger partial charge in [0, 0.05) is 5.56 Å². The molecule has 2 aromatic rings. The molecule has 110 valence electrons. The molecule has 0 aliphatic carbocycles. The fourth-order valence-corrected chi connectivity index (χ4v) is 3.42. The highest BCUT2D eigenvalue weighted by molar-refractivity contribution is 7.90. The molecular formula is C14H10F2O4S. The third-order valence-corrected chi connectivity index (χ3v) is 4.55. The van der Waals surface area contributed by atoms with Crippen molar-refractivity contribution in [1.82, 2.24) is 0 Å². The van der Waals surface area contributed by atoms with Crippen LogP contribution in [0.15, 0.2) is 47.4 Å². The van der Waals surface area contributed by atoms with Crippen LogP contribution in [0.4, 0.5) is 8.78 Å². The lowest BCUT2D eigenvalue weighted by Gasteiger charge is -2.08. The van der Waals surface area contributed by atoms with E-state index in [0.717, 1.165) is 24.3 Å². The summed E-state index contributed by atoms with van der Waals surface area (Å²) in [6.45, 7) is 0. The number of sulfone groups is 1. The van der Waals surface area contributed by atoms with Crippen LogP contribution in [0, 0.1) is 11.6 Å². The normalized spacial score (nSPS) is 11.3. The van der Waals surface area contributed by atoms with Crippen LogP contribution in [-0.4, -0.2) is 19.5 Å². The fourth-order valence-electron chi connectivity index (χ4n) is 1.86. The molecule has 0 fully saturated rings. The molecule has 0 saturated heterocycles. The Balaban J connectivity index is 2.49. The van der Waals surface area contributed by atoms with E-state index in [9.17, 15) is 22.0 Å². The largest absolute Gasteiger partial charge is 0.478 e. The predicted octanol–water partition coefficient (Wildman–Crippen LogP) is 2.64. The zero-order valence-corrected chi connectivity index (χ0v) is 11.4. The average Bonchev–Trinajstić information content (AvgIpc) is 2.44. The lowest BCUT2D eigenvalue weighted by atomic mass is 10.2. The Morgan fingerprint density at radius 3 is 2.38 bits per heavy atom. The van der Waals surface area contributed by atoms with E-state index in [0.29, 0.717) is 0 Å². The van der Waals surface area contributed by atoms with Crippen molar-refractivity contribution < 1.29 is 27.1 Å². The van der Waals surface area contributed by atoms with Gasteiger partial charge in [-0.15, -0.1) is 0 Å². The number of carbonyl (C=O) groups is 1. The molecule has 0 spiro atoms. The second-order valence-electron chi connectivity index (χ2n) is 4.27. The molecule has 0 aromatic heterocycles. The van der Waals surface area contributed by atoms with E-state index in [1.165, 1.54) is 18.2 Å². The molecule has 2 aromatic carbocycles. The third-order valence-electron chi connectivity index (χ3n) is 2.83. The van der Waals surface area contributed by atoms with Crippen LogP contribution in [-0.2, 0) is 15.6 Å². The molecule has 0 amide bonds. The summed E-state index contributed by atoms with van der Waals surface area (Å²) in [5, 5.41) is 9.00. The maximum atomic E-state index is 13.6. The summed E-state index contributed by atoms with van der Waals surface area (Å²) in [7, 11) is -4.12. The van der Waals surface area contributed by atoms with E-state index in [4.69, 9.17) is 5.11 Å². The summed E-state index contributed by atoms with van der Waals surface area (Å²) >= 11 is 0. The van der Waals surface area contributed by atoms with Crippen molar-refractivity contribution in [3.63, 3.8) is 0 Å². The van der Waals surface area contributed by atoms with Gasteiger partial charge in [-0.1, -0.05) is 24.3 Å². The third kappa shape index (κ3) is 3.08. The molecule has 1 N–H and O–H groups in total. The summed E-state index contributed by atoms with van der Waals surface area (Å²) in [6.07, 6.45) is 0. The van der Waals surface area contributed by atoms with Crippen LogP contribution in [0.5, 0.6) is 0 Å². The highest BCUT2D eigenvalue weighted by Crippen LogP contribution is 2.22. The van der Waals surface area contributed by atoms with Crippen molar-refractivity contribution in [2.75, 3.05) is 0 Å². The van der Waals surface area contributed by atoms with Gasteiger partial charge < -0.3 is 5.11 Å². The molecule has 0 unspecified atom stereocenters.